The van der Waals surface area contributed by atoms with Crippen LogP contribution in [0.4, 0.5) is 0 Å². The van der Waals surface area contributed by atoms with Gasteiger partial charge in [-0.2, -0.15) is 0 Å². The second kappa shape index (κ2) is 7.46. The Morgan fingerprint density at radius 1 is 1.10 bits per heavy atom. The third-order valence-corrected chi connectivity index (χ3v) is 3.01. The summed E-state index contributed by atoms with van der Waals surface area (Å²) in [5.41, 5.74) is 7.59. The van der Waals surface area contributed by atoms with E-state index in [4.69, 9.17) is 10.5 Å². The van der Waals surface area contributed by atoms with Gasteiger partial charge in [0.25, 0.3) is 0 Å². The Bertz CT molecular complexity index is 493. The number of esters is 1. The maximum atomic E-state index is 11.4. The zero-order valence-corrected chi connectivity index (χ0v) is 11.4. The van der Waals surface area contributed by atoms with Crippen molar-refractivity contribution in [2.45, 2.75) is 18.9 Å². The summed E-state index contributed by atoms with van der Waals surface area (Å²) in [4.78, 5) is 11.4. The number of nitrogens with two attached hydrogens (primary N) is 1. The molecule has 0 aromatic carbocycles. The van der Waals surface area contributed by atoms with E-state index in [1.807, 2.05) is 48.6 Å². The van der Waals surface area contributed by atoms with Gasteiger partial charge >= 0.3 is 5.97 Å². The zero-order chi connectivity index (χ0) is 14.2. The van der Waals surface area contributed by atoms with E-state index in [9.17, 15) is 4.79 Å². The molecule has 0 heterocycles. The Morgan fingerprint density at radius 3 is 2.05 bits per heavy atom. The summed E-state index contributed by atoms with van der Waals surface area (Å²) >= 11 is 0. The molecule has 0 aliphatic heterocycles. The fourth-order valence-corrected chi connectivity index (χ4v) is 2.04. The van der Waals surface area contributed by atoms with Gasteiger partial charge in [-0.15, -0.1) is 0 Å². The Kier molecular flexibility index (Phi) is 5.33. The molecule has 104 valence electrons. The first-order valence-corrected chi connectivity index (χ1v) is 6.75. The van der Waals surface area contributed by atoms with Crippen molar-refractivity contribution in [3.63, 3.8) is 0 Å². The van der Waals surface area contributed by atoms with Crippen LogP contribution < -0.4 is 5.73 Å². The summed E-state index contributed by atoms with van der Waals surface area (Å²) in [6.07, 6.45) is 21.4. The average molecular weight is 269 g/mol. The standard InChI is InChI=1S/C17H19NO2/c18-13-17(19)20-16(11-14-7-3-1-4-8-14)12-15-9-5-2-6-10-15/h1-7,9,11-12,16H,8,10,13,18H2. The van der Waals surface area contributed by atoms with Gasteiger partial charge in [-0.1, -0.05) is 48.6 Å². The fourth-order valence-electron chi connectivity index (χ4n) is 2.04. The van der Waals surface area contributed by atoms with Crippen LogP contribution >= 0.6 is 0 Å². The molecule has 2 aliphatic rings. The third-order valence-electron chi connectivity index (χ3n) is 3.01. The van der Waals surface area contributed by atoms with Crippen molar-refractivity contribution in [3.05, 3.63) is 71.9 Å². The van der Waals surface area contributed by atoms with Gasteiger partial charge in [0.1, 0.15) is 6.10 Å². The molecule has 2 N–H and O–H groups in total. The van der Waals surface area contributed by atoms with Crippen molar-refractivity contribution in [3.8, 4) is 0 Å². The highest BCUT2D eigenvalue weighted by Crippen LogP contribution is 2.17. The summed E-state index contributed by atoms with van der Waals surface area (Å²) in [5, 5.41) is 0. The summed E-state index contributed by atoms with van der Waals surface area (Å²) in [5.74, 6) is -0.394. The molecule has 3 heteroatoms. The van der Waals surface area contributed by atoms with Crippen LogP contribution in [0.25, 0.3) is 0 Å². The molecule has 0 atom stereocenters. The SMILES string of the molecule is NCC(=O)OC(C=C1C=CC=CC1)C=C1C=CC=CC1. The van der Waals surface area contributed by atoms with Crippen molar-refractivity contribution in [1.29, 1.82) is 0 Å². The summed E-state index contributed by atoms with van der Waals surface area (Å²) in [7, 11) is 0. The molecular weight excluding hydrogens is 250 g/mol. The normalized spacial score (nSPS) is 22.4. The highest BCUT2D eigenvalue weighted by molar-refractivity contribution is 5.72. The average Bonchev–Trinajstić information content (AvgIpc) is 2.49. The number of carbonyl (C=O) groups is 1. The second-order valence-electron chi connectivity index (χ2n) is 4.62. The maximum absolute atomic E-state index is 11.4. The Hall–Kier alpha value is -2.13. The zero-order valence-electron chi connectivity index (χ0n) is 11.4. The molecule has 0 saturated carbocycles. The topological polar surface area (TPSA) is 52.3 Å². The van der Waals surface area contributed by atoms with E-state index >= 15 is 0 Å². The molecule has 0 fully saturated rings. The van der Waals surface area contributed by atoms with Gasteiger partial charge in [0, 0.05) is 0 Å². The minimum absolute atomic E-state index is 0.103. The van der Waals surface area contributed by atoms with Gasteiger partial charge in [-0.25, -0.2) is 0 Å². The van der Waals surface area contributed by atoms with Crippen molar-refractivity contribution >= 4 is 5.97 Å². The van der Waals surface area contributed by atoms with Crippen LogP contribution in [0.2, 0.25) is 0 Å². The van der Waals surface area contributed by atoms with E-state index < -0.39 is 5.97 Å². The maximum Gasteiger partial charge on any atom is 0.320 e. The van der Waals surface area contributed by atoms with Crippen molar-refractivity contribution in [2.24, 2.45) is 5.73 Å². The molecule has 0 spiro atoms. The number of allylic oxidation sites excluding steroid dienone is 10. The molecule has 0 aromatic rings. The minimum Gasteiger partial charge on any atom is -0.453 e. The second-order valence-corrected chi connectivity index (χ2v) is 4.62. The molecule has 0 bridgehead atoms. The van der Waals surface area contributed by atoms with Crippen LogP contribution in [0.15, 0.2) is 71.9 Å². The molecule has 2 rings (SSSR count). The van der Waals surface area contributed by atoms with E-state index in [2.05, 4.69) is 12.2 Å². The highest BCUT2D eigenvalue weighted by atomic mass is 16.5. The molecule has 0 saturated heterocycles. The van der Waals surface area contributed by atoms with Gasteiger partial charge in [0.05, 0.1) is 6.54 Å². The molecule has 3 nitrogen and oxygen atoms in total. The molecule has 0 unspecified atom stereocenters. The Balaban J connectivity index is 2.14. The highest BCUT2D eigenvalue weighted by Gasteiger charge is 2.10. The molecule has 2 aliphatic carbocycles. The van der Waals surface area contributed by atoms with Gasteiger partial charge in [0.15, 0.2) is 0 Å². The molecule has 0 aromatic heterocycles. The van der Waals surface area contributed by atoms with Crippen LogP contribution in [0.5, 0.6) is 0 Å². The molecule has 0 amide bonds. The number of rotatable bonds is 4. The molecule has 20 heavy (non-hydrogen) atoms. The lowest BCUT2D eigenvalue weighted by Gasteiger charge is -2.14. The monoisotopic (exact) mass is 269 g/mol. The smallest absolute Gasteiger partial charge is 0.320 e. The predicted molar refractivity (Wildman–Crippen MR) is 80.9 cm³/mol. The van der Waals surface area contributed by atoms with Gasteiger partial charge < -0.3 is 10.5 Å². The van der Waals surface area contributed by atoms with E-state index in [1.165, 1.54) is 0 Å². The Labute approximate surface area is 119 Å². The number of hydrogen-bond acceptors (Lipinski definition) is 3. The van der Waals surface area contributed by atoms with Crippen molar-refractivity contribution in [1.82, 2.24) is 0 Å². The van der Waals surface area contributed by atoms with Crippen LogP contribution in [0, 0.1) is 0 Å². The largest absolute Gasteiger partial charge is 0.453 e. The van der Waals surface area contributed by atoms with Crippen molar-refractivity contribution in [2.75, 3.05) is 6.54 Å². The summed E-state index contributed by atoms with van der Waals surface area (Å²) in [6, 6.07) is 0. The summed E-state index contributed by atoms with van der Waals surface area (Å²) in [6.45, 7) is -0.103. The van der Waals surface area contributed by atoms with Crippen LogP contribution in [-0.2, 0) is 9.53 Å². The first kappa shape index (κ1) is 14.3. The minimum atomic E-state index is -0.394. The van der Waals surface area contributed by atoms with E-state index in [0.29, 0.717) is 0 Å². The number of hydrogen-bond donors (Lipinski definition) is 1. The van der Waals surface area contributed by atoms with E-state index in [1.54, 1.807) is 0 Å². The van der Waals surface area contributed by atoms with E-state index in [0.717, 1.165) is 24.0 Å². The lowest BCUT2D eigenvalue weighted by molar-refractivity contribution is -0.143. The lowest BCUT2D eigenvalue weighted by Crippen LogP contribution is -2.22. The van der Waals surface area contributed by atoms with Gasteiger partial charge in [-0.05, 0) is 36.1 Å². The fraction of sp³-hybridized carbons (Fsp3) is 0.235. The number of carbonyl (C=O) groups excluding carboxylic acids is 1. The quantitative estimate of drug-likeness (QED) is 0.798. The summed E-state index contributed by atoms with van der Waals surface area (Å²) < 4.78 is 5.37. The third kappa shape index (κ3) is 4.52. The first-order valence-electron chi connectivity index (χ1n) is 6.75. The van der Waals surface area contributed by atoms with E-state index in [-0.39, 0.29) is 12.6 Å². The number of ether oxygens (including phenoxy) is 1. The predicted octanol–water partition coefficient (Wildman–Crippen LogP) is 2.74. The van der Waals surface area contributed by atoms with Crippen LogP contribution in [0.3, 0.4) is 0 Å². The Morgan fingerprint density at radius 2 is 1.65 bits per heavy atom. The first-order chi connectivity index (χ1) is 9.78. The van der Waals surface area contributed by atoms with Gasteiger partial charge in [0.2, 0.25) is 0 Å². The lowest BCUT2D eigenvalue weighted by atomic mass is 10.0. The molecular formula is C17H19NO2. The van der Waals surface area contributed by atoms with Crippen molar-refractivity contribution < 1.29 is 9.53 Å². The van der Waals surface area contributed by atoms with Gasteiger partial charge in [-0.3, -0.25) is 4.79 Å². The van der Waals surface area contributed by atoms with Crippen LogP contribution in [0.1, 0.15) is 12.8 Å². The molecule has 0 radical (unpaired) electrons. The van der Waals surface area contributed by atoms with Crippen LogP contribution in [-0.4, -0.2) is 18.6 Å².